The van der Waals surface area contributed by atoms with Crippen molar-refractivity contribution in [3.8, 4) is 0 Å². The molecule has 0 bridgehead atoms. The second-order valence-corrected chi connectivity index (χ2v) is 8.24. The van der Waals surface area contributed by atoms with Crippen LogP contribution >= 0.6 is 11.8 Å². The second-order valence-electron chi connectivity index (χ2n) is 6.72. The van der Waals surface area contributed by atoms with Crippen molar-refractivity contribution < 1.29 is 9.90 Å². The molecule has 0 spiro atoms. The molecule has 0 aliphatic carbocycles. The first-order valence-electron chi connectivity index (χ1n) is 9.15. The van der Waals surface area contributed by atoms with E-state index in [1.807, 2.05) is 84.9 Å². The van der Waals surface area contributed by atoms with Crippen molar-refractivity contribution >= 4 is 29.8 Å². The Bertz CT molecular complexity index is 980. The maximum absolute atomic E-state index is 12.6. The van der Waals surface area contributed by atoms with E-state index < -0.39 is 10.7 Å². The number of carbonyl (C=O) groups is 1. The minimum absolute atomic E-state index is 0.386. The molecule has 3 aromatic carbocycles. The monoisotopic (exact) mass is 405 g/mol. The number of anilines is 1. The van der Waals surface area contributed by atoms with E-state index in [1.54, 1.807) is 6.92 Å². The summed E-state index contributed by atoms with van der Waals surface area (Å²) in [7, 11) is 0. The van der Waals surface area contributed by atoms with Gasteiger partial charge in [0.15, 0.2) is 0 Å². The van der Waals surface area contributed by atoms with Gasteiger partial charge in [-0.15, -0.1) is 11.8 Å². The minimum atomic E-state index is -1.14. The second kappa shape index (κ2) is 9.30. The molecule has 0 fully saturated rings. The van der Waals surface area contributed by atoms with Crippen LogP contribution in [0.4, 0.5) is 5.69 Å². The molecule has 0 radical (unpaired) electrons. The molecule has 3 aromatic rings. The lowest BCUT2D eigenvalue weighted by molar-refractivity contribution is -0.139. The number of thioether (sulfide) groups is 1. The Hall–Kier alpha value is -3.25. The zero-order valence-electron chi connectivity index (χ0n) is 16.0. The molecule has 0 aromatic heterocycles. The highest BCUT2D eigenvalue weighted by molar-refractivity contribution is 8.01. The fourth-order valence-electron chi connectivity index (χ4n) is 3.35. The van der Waals surface area contributed by atoms with Gasteiger partial charge in [0.05, 0.1) is 0 Å². The van der Waals surface area contributed by atoms with Crippen molar-refractivity contribution in [2.75, 3.05) is 5.32 Å². The Labute approximate surface area is 174 Å². The third kappa shape index (κ3) is 4.78. The fraction of sp³-hybridized carbons (Fsp3) is 0.130. The van der Waals surface area contributed by atoms with Crippen molar-refractivity contribution in [2.24, 2.45) is 10.9 Å². The number of nitrogens with zero attached hydrogens (tertiary/aromatic N) is 1. The number of carboxylic acid groups (broad SMARTS) is 1. The number of hydrogen-bond acceptors (Lipinski definition) is 4. The van der Waals surface area contributed by atoms with Crippen LogP contribution in [0.15, 0.2) is 94.9 Å². The Balaban J connectivity index is 2.12. The number of hydrogen-bond donors (Lipinski definition) is 3. The van der Waals surface area contributed by atoms with E-state index in [1.165, 1.54) is 18.1 Å². The molecule has 0 saturated heterocycles. The maximum atomic E-state index is 12.6. The summed E-state index contributed by atoms with van der Waals surface area (Å²) in [5.41, 5.74) is 2.61. The van der Waals surface area contributed by atoms with Crippen LogP contribution in [-0.2, 0) is 4.79 Å². The number of rotatable bonds is 8. The summed E-state index contributed by atoms with van der Waals surface area (Å²) in [6.07, 6.45) is 1.39. The van der Waals surface area contributed by atoms with Gasteiger partial charge in [0.25, 0.3) is 0 Å². The summed E-state index contributed by atoms with van der Waals surface area (Å²) in [6.45, 7) is 1.78. The van der Waals surface area contributed by atoms with E-state index in [2.05, 4.69) is 10.4 Å². The van der Waals surface area contributed by atoms with Crippen molar-refractivity contribution in [1.82, 2.24) is 0 Å². The molecule has 0 amide bonds. The molecule has 0 aliphatic heterocycles. The molecular weight excluding hydrogens is 382 g/mol. The first-order chi connectivity index (χ1) is 14.0. The molecule has 0 heterocycles. The van der Waals surface area contributed by atoms with E-state index in [0.717, 1.165) is 21.7 Å². The molecular formula is C23H23N3O2S. The van der Waals surface area contributed by atoms with Crippen molar-refractivity contribution in [3.63, 3.8) is 0 Å². The zero-order chi connectivity index (χ0) is 20.7. The van der Waals surface area contributed by atoms with Gasteiger partial charge in [-0.2, -0.15) is 5.10 Å². The number of aliphatic carboxylic acids is 1. The number of carboxylic acids is 1. The van der Waals surface area contributed by atoms with Gasteiger partial charge >= 0.3 is 5.97 Å². The largest absolute Gasteiger partial charge is 0.480 e. The van der Waals surface area contributed by atoms with Crippen LogP contribution in [0.25, 0.3) is 0 Å². The molecule has 6 heteroatoms. The van der Waals surface area contributed by atoms with E-state index in [-0.39, 0.29) is 5.92 Å². The van der Waals surface area contributed by atoms with E-state index in [0.29, 0.717) is 0 Å². The van der Waals surface area contributed by atoms with E-state index in [9.17, 15) is 9.90 Å². The molecule has 148 valence electrons. The van der Waals surface area contributed by atoms with Crippen LogP contribution in [0, 0.1) is 0 Å². The van der Waals surface area contributed by atoms with Crippen LogP contribution in [0.5, 0.6) is 0 Å². The third-order valence-corrected chi connectivity index (χ3v) is 6.05. The number of hydrazone groups is 1. The highest BCUT2D eigenvalue weighted by atomic mass is 32.2. The fourth-order valence-corrected chi connectivity index (χ4v) is 4.61. The van der Waals surface area contributed by atoms with Gasteiger partial charge in [-0.1, -0.05) is 60.7 Å². The summed E-state index contributed by atoms with van der Waals surface area (Å²) >= 11 is 1.35. The average molecular weight is 406 g/mol. The lowest BCUT2D eigenvalue weighted by Gasteiger charge is -2.34. The van der Waals surface area contributed by atoms with Gasteiger partial charge < -0.3 is 16.3 Å². The van der Waals surface area contributed by atoms with Crippen molar-refractivity contribution in [2.45, 2.75) is 22.5 Å². The SMILES string of the molecule is CC(Sc1ccccc1)(C(=O)O)C(c1ccccc1)c1cccc(NC=NN)c1. The van der Waals surface area contributed by atoms with E-state index in [4.69, 9.17) is 5.84 Å². The topological polar surface area (TPSA) is 87.7 Å². The van der Waals surface area contributed by atoms with Crippen LogP contribution in [0.3, 0.4) is 0 Å². The Morgan fingerprint density at radius 3 is 2.28 bits per heavy atom. The number of nitrogens with two attached hydrogens (primary N) is 1. The van der Waals surface area contributed by atoms with Gasteiger partial charge in [0.2, 0.25) is 0 Å². The molecule has 2 unspecified atom stereocenters. The summed E-state index contributed by atoms with van der Waals surface area (Å²) < 4.78 is -1.14. The Morgan fingerprint density at radius 2 is 1.66 bits per heavy atom. The Kier molecular flexibility index (Phi) is 6.57. The van der Waals surface area contributed by atoms with Gasteiger partial charge in [0, 0.05) is 16.5 Å². The van der Waals surface area contributed by atoms with Crippen LogP contribution in [0.1, 0.15) is 24.0 Å². The third-order valence-electron chi connectivity index (χ3n) is 4.71. The highest BCUT2D eigenvalue weighted by Crippen LogP contribution is 2.47. The normalized spacial score (nSPS) is 14.2. The Morgan fingerprint density at radius 1 is 1.03 bits per heavy atom. The first-order valence-corrected chi connectivity index (χ1v) is 9.97. The van der Waals surface area contributed by atoms with Gasteiger partial charge in [-0.05, 0) is 42.3 Å². The molecule has 0 aliphatic rings. The summed E-state index contributed by atoms with van der Waals surface area (Å²) in [5.74, 6) is 3.93. The predicted molar refractivity (Wildman–Crippen MR) is 119 cm³/mol. The molecule has 29 heavy (non-hydrogen) atoms. The summed E-state index contributed by atoms with van der Waals surface area (Å²) in [4.78, 5) is 13.5. The predicted octanol–water partition coefficient (Wildman–Crippen LogP) is 4.77. The number of benzene rings is 3. The minimum Gasteiger partial charge on any atom is -0.480 e. The van der Waals surface area contributed by atoms with Crippen molar-refractivity contribution in [1.29, 1.82) is 0 Å². The van der Waals surface area contributed by atoms with Crippen LogP contribution in [0.2, 0.25) is 0 Å². The molecule has 0 saturated carbocycles. The first kappa shape index (κ1) is 20.5. The summed E-state index contributed by atoms with van der Waals surface area (Å²) in [5, 5.41) is 16.8. The van der Waals surface area contributed by atoms with Gasteiger partial charge in [0.1, 0.15) is 11.1 Å². The quantitative estimate of drug-likeness (QED) is 0.165. The lowest BCUT2D eigenvalue weighted by Crippen LogP contribution is -2.39. The van der Waals surface area contributed by atoms with Crippen LogP contribution < -0.4 is 11.2 Å². The van der Waals surface area contributed by atoms with E-state index >= 15 is 0 Å². The summed E-state index contributed by atoms with van der Waals surface area (Å²) in [6, 6.07) is 27.0. The molecule has 2 atom stereocenters. The van der Waals surface area contributed by atoms with Gasteiger partial charge in [-0.25, -0.2) is 0 Å². The molecule has 5 nitrogen and oxygen atoms in total. The highest BCUT2D eigenvalue weighted by Gasteiger charge is 2.44. The molecule has 4 N–H and O–H groups in total. The van der Waals surface area contributed by atoms with Crippen molar-refractivity contribution in [3.05, 3.63) is 96.1 Å². The van der Waals surface area contributed by atoms with Crippen LogP contribution in [-0.4, -0.2) is 22.2 Å². The zero-order valence-corrected chi connectivity index (χ0v) is 16.8. The maximum Gasteiger partial charge on any atom is 0.320 e. The lowest BCUT2D eigenvalue weighted by atomic mass is 9.80. The molecule has 3 rings (SSSR count). The van der Waals surface area contributed by atoms with Gasteiger partial charge in [-0.3, -0.25) is 4.79 Å². The smallest absolute Gasteiger partial charge is 0.320 e. The average Bonchev–Trinajstić information content (AvgIpc) is 2.74. The standard InChI is InChI=1S/C23H23N3O2S/c1-23(22(27)28,29-20-13-6-3-7-14-20)21(17-9-4-2-5-10-17)18-11-8-12-19(15-18)25-16-26-24/h2-16,21H,24H2,1H3,(H,25,26)(H,27,28). The number of nitrogens with one attached hydrogen (secondary N) is 1.